The van der Waals surface area contributed by atoms with Gasteiger partial charge in [0.15, 0.2) is 0 Å². The van der Waals surface area contributed by atoms with E-state index in [2.05, 4.69) is 14.7 Å². The van der Waals surface area contributed by atoms with Gasteiger partial charge in [0.1, 0.15) is 5.69 Å². The van der Waals surface area contributed by atoms with Gasteiger partial charge in [-0.2, -0.15) is 4.98 Å². The molecule has 70 valence electrons. The van der Waals surface area contributed by atoms with Crippen LogP contribution >= 0.6 is 0 Å². The van der Waals surface area contributed by atoms with Crippen LogP contribution in [0.25, 0.3) is 0 Å². The van der Waals surface area contributed by atoms with Crippen molar-refractivity contribution in [1.29, 1.82) is 0 Å². The zero-order chi connectivity index (χ0) is 10.0. The smallest absolute Gasteiger partial charge is 0.398 e. The number of hydrogen-bond acceptors (Lipinski definition) is 5. The number of aromatic amines is 1. The average molecular weight is 185 g/mol. The largest absolute Gasteiger partial charge is 0.462 e. The molecule has 0 aliphatic rings. The van der Waals surface area contributed by atoms with E-state index < -0.39 is 10.9 Å². The Morgan fingerprint density at radius 1 is 1.69 bits per heavy atom. The topological polar surface area (TPSA) is 98.1 Å². The molecule has 0 atom stereocenters. The van der Waals surface area contributed by atoms with Crippen LogP contribution in [-0.2, 0) is 4.74 Å². The van der Waals surface area contributed by atoms with Gasteiger partial charge in [-0.15, -0.1) is 0 Å². The zero-order valence-corrected chi connectivity index (χ0v) is 7.03. The van der Waals surface area contributed by atoms with E-state index in [1.165, 1.54) is 14.0 Å². The molecule has 7 nitrogen and oxygen atoms in total. The Morgan fingerprint density at radius 3 is 2.69 bits per heavy atom. The van der Waals surface area contributed by atoms with Gasteiger partial charge in [0.2, 0.25) is 0 Å². The summed E-state index contributed by atoms with van der Waals surface area (Å²) in [5.74, 6) is -1.18. The summed E-state index contributed by atoms with van der Waals surface area (Å²) in [5, 5.41) is 10.3. The standard InChI is InChI=1S/C6H7N3O4/c1-3-5(9(11)12)8-4(7-3)6(10)13-2/h1-2H3,(H,7,8). The Labute approximate surface area is 72.9 Å². The summed E-state index contributed by atoms with van der Waals surface area (Å²) < 4.78 is 4.33. The fraction of sp³-hybridized carbons (Fsp3) is 0.333. The molecule has 0 fully saturated rings. The molecule has 0 spiro atoms. The van der Waals surface area contributed by atoms with Crippen LogP contribution in [-0.4, -0.2) is 28.0 Å². The summed E-state index contributed by atoms with van der Waals surface area (Å²) in [7, 11) is 1.17. The number of carbonyl (C=O) groups excluding carboxylic acids is 1. The predicted molar refractivity (Wildman–Crippen MR) is 41.3 cm³/mol. The number of ether oxygens (including phenoxy) is 1. The molecule has 1 aromatic heterocycles. The third kappa shape index (κ3) is 1.63. The van der Waals surface area contributed by atoms with E-state index in [1.807, 2.05) is 0 Å². The molecule has 7 heteroatoms. The first kappa shape index (κ1) is 9.17. The van der Waals surface area contributed by atoms with Crippen molar-refractivity contribution >= 4 is 11.8 Å². The maximum absolute atomic E-state index is 10.9. The maximum atomic E-state index is 10.9. The van der Waals surface area contributed by atoms with Gasteiger partial charge >= 0.3 is 17.6 Å². The lowest BCUT2D eigenvalue weighted by atomic mass is 10.5. The molecule has 1 heterocycles. The fourth-order valence-corrected chi connectivity index (χ4v) is 0.822. The van der Waals surface area contributed by atoms with Crippen LogP contribution in [0.15, 0.2) is 0 Å². The van der Waals surface area contributed by atoms with Crippen LogP contribution < -0.4 is 0 Å². The number of imidazole rings is 1. The lowest BCUT2D eigenvalue weighted by Crippen LogP contribution is -2.03. The van der Waals surface area contributed by atoms with Crippen molar-refractivity contribution < 1.29 is 14.5 Å². The zero-order valence-electron chi connectivity index (χ0n) is 7.03. The van der Waals surface area contributed by atoms with Gasteiger partial charge in [0.05, 0.1) is 7.11 Å². The normalized spacial score (nSPS) is 9.69. The van der Waals surface area contributed by atoms with E-state index in [0.717, 1.165) is 0 Å². The van der Waals surface area contributed by atoms with Crippen molar-refractivity contribution in [3.8, 4) is 0 Å². The fourth-order valence-electron chi connectivity index (χ4n) is 0.822. The summed E-state index contributed by atoms with van der Waals surface area (Å²) in [6.45, 7) is 1.43. The summed E-state index contributed by atoms with van der Waals surface area (Å²) in [4.78, 5) is 26.4. The number of hydrogen-bond donors (Lipinski definition) is 1. The van der Waals surface area contributed by atoms with Crippen LogP contribution in [0.3, 0.4) is 0 Å². The summed E-state index contributed by atoms with van der Waals surface area (Å²) in [6, 6.07) is 0. The maximum Gasteiger partial charge on any atom is 0.398 e. The molecule has 0 unspecified atom stereocenters. The van der Waals surface area contributed by atoms with E-state index in [0.29, 0.717) is 0 Å². The first-order valence-electron chi connectivity index (χ1n) is 3.35. The number of aryl methyl sites for hydroxylation is 1. The third-order valence-electron chi connectivity index (χ3n) is 1.42. The molecule has 0 amide bonds. The van der Waals surface area contributed by atoms with Crippen LogP contribution in [0.2, 0.25) is 0 Å². The monoisotopic (exact) mass is 185 g/mol. The van der Waals surface area contributed by atoms with Gasteiger partial charge in [-0.3, -0.25) is 0 Å². The highest BCUT2D eigenvalue weighted by Gasteiger charge is 2.21. The summed E-state index contributed by atoms with van der Waals surface area (Å²) in [6.07, 6.45) is 0. The highest BCUT2D eigenvalue weighted by atomic mass is 16.6. The molecule has 0 aromatic carbocycles. The minimum Gasteiger partial charge on any atom is -0.462 e. The molecule has 0 radical (unpaired) electrons. The van der Waals surface area contributed by atoms with Gasteiger partial charge in [-0.05, 0) is 11.8 Å². The number of carbonyl (C=O) groups is 1. The van der Waals surface area contributed by atoms with Gasteiger partial charge < -0.3 is 14.9 Å². The lowest BCUT2D eigenvalue weighted by Gasteiger charge is -1.88. The number of methoxy groups -OCH3 is 1. The molecular weight excluding hydrogens is 178 g/mol. The minimum absolute atomic E-state index is 0.158. The average Bonchev–Trinajstić information content (AvgIpc) is 2.46. The Balaban J connectivity index is 3.09. The number of nitrogens with zero attached hydrogens (tertiary/aromatic N) is 2. The Hall–Kier alpha value is -1.92. The van der Waals surface area contributed by atoms with Gasteiger partial charge in [0.25, 0.3) is 0 Å². The van der Waals surface area contributed by atoms with Crippen LogP contribution in [0.4, 0.5) is 5.82 Å². The van der Waals surface area contributed by atoms with Gasteiger partial charge in [-0.25, -0.2) is 9.78 Å². The van der Waals surface area contributed by atoms with Crippen LogP contribution in [0.1, 0.15) is 16.3 Å². The Morgan fingerprint density at radius 2 is 2.31 bits per heavy atom. The van der Waals surface area contributed by atoms with Crippen molar-refractivity contribution in [2.24, 2.45) is 0 Å². The molecule has 1 rings (SSSR count). The highest BCUT2D eigenvalue weighted by Crippen LogP contribution is 2.13. The van der Waals surface area contributed by atoms with E-state index in [-0.39, 0.29) is 17.3 Å². The first-order valence-corrected chi connectivity index (χ1v) is 3.35. The van der Waals surface area contributed by atoms with Crippen LogP contribution in [0.5, 0.6) is 0 Å². The minimum atomic E-state index is -0.726. The van der Waals surface area contributed by atoms with E-state index in [4.69, 9.17) is 0 Å². The van der Waals surface area contributed by atoms with E-state index in [9.17, 15) is 14.9 Å². The number of nitro groups is 1. The Kier molecular flexibility index (Phi) is 2.27. The van der Waals surface area contributed by atoms with Crippen molar-refractivity contribution in [3.63, 3.8) is 0 Å². The predicted octanol–water partition coefficient (Wildman–Crippen LogP) is 0.413. The molecule has 0 saturated heterocycles. The van der Waals surface area contributed by atoms with Gasteiger partial charge in [0, 0.05) is 0 Å². The second kappa shape index (κ2) is 3.21. The van der Waals surface area contributed by atoms with Crippen molar-refractivity contribution in [3.05, 3.63) is 21.6 Å². The summed E-state index contributed by atoms with van der Waals surface area (Å²) in [5.41, 5.74) is 0.158. The molecule has 13 heavy (non-hydrogen) atoms. The summed E-state index contributed by atoms with van der Waals surface area (Å²) >= 11 is 0. The number of esters is 1. The lowest BCUT2D eigenvalue weighted by molar-refractivity contribution is -0.389. The highest BCUT2D eigenvalue weighted by molar-refractivity contribution is 5.85. The molecular formula is C6H7N3O4. The quantitative estimate of drug-likeness (QED) is 0.408. The second-order valence-electron chi connectivity index (χ2n) is 2.27. The number of H-pyrrole nitrogens is 1. The first-order chi connectivity index (χ1) is 6.06. The molecule has 1 aromatic rings. The molecule has 0 aliphatic heterocycles. The van der Waals surface area contributed by atoms with E-state index in [1.54, 1.807) is 0 Å². The molecule has 0 aliphatic carbocycles. The molecule has 1 N–H and O–H groups in total. The molecule has 0 bridgehead atoms. The van der Waals surface area contributed by atoms with Gasteiger partial charge in [-0.1, -0.05) is 0 Å². The van der Waals surface area contributed by atoms with Crippen molar-refractivity contribution in [1.82, 2.24) is 9.97 Å². The van der Waals surface area contributed by atoms with Crippen molar-refractivity contribution in [2.45, 2.75) is 6.92 Å². The number of rotatable bonds is 2. The molecule has 0 saturated carbocycles. The SMILES string of the molecule is COC(=O)c1nc(C)c([N+](=O)[O-])[nH]1. The van der Waals surface area contributed by atoms with Crippen molar-refractivity contribution in [2.75, 3.05) is 7.11 Å². The van der Waals surface area contributed by atoms with Crippen LogP contribution in [0, 0.1) is 17.0 Å². The second-order valence-corrected chi connectivity index (χ2v) is 2.27. The third-order valence-corrected chi connectivity index (χ3v) is 1.42. The number of aromatic nitrogens is 2. The van der Waals surface area contributed by atoms with E-state index >= 15 is 0 Å². The Bertz CT molecular complexity index is 357. The number of nitrogens with one attached hydrogen (secondary N) is 1.